The van der Waals surface area contributed by atoms with Crippen molar-refractivity contribution < 1.29 is 18.4 Å². The molecule has 0 amide bonds. The van der Waals surface area contributed by atoms with Gasteiger partial charge in [-0.25, -0.2) is 27.8 Å². The molecule has 15 heteroatoms. The van der Waals surface area contributed by atoms with Crippen LogP contribution in [0.5, 0.6) is 17.4 Å². The molecule has 1 aliphatic heterocycles. The Bertz CT molecular complexity index is 1920. The van der Waals surface area contributed by atoms with Gasteiger partial charge in [0.25, 0.3) is 0 Å². The van der Waals surface area contributed by atoms with Crippen LogP contribution in [0.3, 0.4) is 0 Å². The average molecular weight is 739 g/mol. The minimum atomic E-state index is -1.14. The summed E-state index contributed by atoms with van der Waals surface area (Å²) in [4.78, 5) is 28.6. The smallest absolute Gasteiger partial charge is 0.229 e. The van der Waals surface area contributed by atoms with E-state index in [1.54, 1.807) is 37.9 Å². The molecule has 278 valence electrons. The van der Waals surface area contributed by atoms with E-state index in [9.17, 15) is 4.21 Å². The first kappa shape index (κ1) is 37.5. The quantitative estimate of drug-likeness (QED) is 0.157. The summed E-state index contributed by atoms with van der Waals surface area (Å²) in [5.74, 6) is 4.28. The van der Waals surface area contributed by atoms with Crippen molar-refractivity contribution in [2.75, 3.05) is 71.8 Å². The summed E-state index contributed by atoms with van der Waals surface area (Å²) >= 11 is -1.14. The number of nitrogens with zero attached hydrogens (tertiary/aromatic N) is 9. The van der Waals surface area contributed by atoms with Crippen LogP contribution in [0.25, 0.3) is 11.4 Å². The zero-order chi connectivity index (χ0) is 37.3. The van der Waals surface area contributed by atoms with Gasteiger partial charge >= 0.3 is 0 Å². The number of aryl methyl sites for hydroxylation is 1. The minimum absolute atomic E-state index is 0.492. The summed E-state index contributed by atoms with van der Waals surface area (Å²) in [5, 5.41) is 3.43. The van der Waals surface area contributed by atoms with Crippen molar-refractivity contribution in [1.82, 2.24) is 38.4 Å². The summed E-state index contributed by atoms with van der Waals surface area (Å²) in [6.45, 7) is 6.63. The molecule has 0 aliphatic carbocycles. The van der Waals surface area contributed by atoms with Crippen LogP contribution in [-0.2, 0) is 30.8 Å². The lowest BCUT2D eigenvalue weighted by molar-refractivity contribution is 0.182. The van der Waals surface area contributed by atoms with E-state index in [0.29, 0.717) is 62.0 Å². The number of hydrogen-bond acceptors (Lipinski definition) is 12. The normalized spacial score (nSPS) is 14.2. The van der Waals surface area contributed by atoms with Gasteiger partial charge in [0.05, 0.1) is 38.8 Å². The van der Waals surface area contributed by atoms with E-state index in [0.717, 1.165) is 52.5 Å². The number of ether oxygens (including phenoxy) is 3. The fraction of sp³-hybridized carbons (Fsp3) is 0.342. The van der Waals surface area contributed by atoms with Crippen molar-refractivity contribution in [3.05, 3.63) is 102 Å². The van der Waals surface area contributed by atoms with Crippen molar-refractivity contribution in [3.63, 3.8) is 0 Å². The standard InChI is InChI=1S/C38H46N10O4S/c1-27-41-37(44-38(42-27)47(25-28-7-12-32(50-4)13-8-28)26-29-9-14-33(51-5)15-10-29)34-21-30(24-46-17-19-48(20-18-46)53(49)45(2)3)22-40-36(34)43-31-11-16-35(52-6)39-23-31/h7-16,21-23H,17-20,24-26H2,1-6H3,(H,40,43). The SMILES string of the molecule is COc1ccc(CN(Cc2ccc(OC)cc2)c2nc(C)nc(-c3cc(CN4CCN(S(=O)N(C)C)CC4)cnc3Nc3ccc(OC)nc3)n2)cc1. The predicted molar refractivity (Wildman–Crippen MR) is 206 cm³/mol. The van der Waals surface area contributed by atoms with E-state index in [-0.39, 0.29) is 0 Å². The maximum atomic E-state index is 12.6. The zero-order valence-corrected chi connectivity index (χ0v) is 31.8. The average Bonchev–Trinajstić information content (AvgIpc) is 3.18. The maximum Gasteiger partial charge on any atom is 0.229 e. The molecule has 2 aromatic carbocycles. The third-order valence-corrected chi connectivity index (χ3v) is 10.2. The van der Waals surface area contributed by atoms with Gasteiger partial charge in [0, 0.05) is 72.2 Å². The topological polar surface area (TPSA) is 134 Å². The van der Waals surface area contributed by atoms with Crippen molar-refractivity contribution in [2.45, 2.75) is 26.6 Å². The highest BCUT2D eigenvalue weighted by atomic mass is 32.2. The van der Waals surface area contributed by atoms with Gasteiger partial charge in [0.2, 0.25) is 11.8 Å². The lowest BCUT2D eigenvalue weighted by atomic mass is 10.1. The largest absolute Gasteiger partial charge is 0.497 e. The van der Waals surface area contributed by atoms with Crippen molar-refractivity contribution in [3.8, 4) is 28.8 Å². The zero-order valence-electron chi connectivity index (χ0n) is 31.0. The van der Waals surface area contributed by atoms with Crippen LogP contribution in [0, 0.1) is 6.92 Å². The van der Waals surface area contributed by atoms with Gasteiger partial charge in [0.15, 0.2) is 17.0 Å². The molecule has 3 aromatic heterocycles. The molecule has 1 saturated heterocycles. The van der Waals surface area contributed by atoms with Gasteiger partial charge in [-0.15, -0.1) is 0 Å². The van der Waals surface area contributed by atoms with Gasteiger partial charge in [0.1, 0.15) is 23.1 Å². The molecule has 53 heavy (non-hydrogen) atoms. The third-order valence-electron chi connectivity index (χ3n) is 8.75. The molecule has 0 bridgehead atoms. The van der Waals surface area contributed by atoms with Crippen LogP contribution < -0.4 is 24.4 Å². The second-order valence-corrected chi connectivity index (χ2v) is 14.5. The van der Waals surface area contributed by atoms with Gasteiger partial charge in [-0.1, -0.05) is 24.3 Å². The van der Waals surface area contributed by atoms with Gasteiger partial charge < -0.3 is 24.4 Å². The van der Waals surface area contributed by atoms with Crippen LogP contribution >= 0.6 is 0 Å². The highest BCUT2D eigenvalue weighted by molar-refractivity contribution is 7.80. The molecule has 0 radical (unpaired) electrons. The second kappa shape index (κ2) is 17.5. The van der Waals surface area contributed by atoms with E-state index in [1.165, 1.54) is 0 Å². The van der Waals surface area contributed by atoms with Crippen molar-refractivity contribution in [2.24, 2.45) is 0 Å². The number of benzene rings is 2. The number of hydrogen-bond donors (Lipinski definition) is 1. The van der Waals surface area contributed by atoms with Crippen LogP contribution in [0.4, 0.5) is 17.5 Å². The fourth-order valence-corrected chi connectivity index (χ4v) is 6.88. The summed E-state index contributed by atoms with van der Waals surface area (Å²) in [6, 6.07) is 21.8. The van der Waals surface area contributed by atoms with Crippen molar-refractivity contribution in [1.29, 1.82) is 0 Å². The Hall–Kier alpha value is -5.22. The monoisotopic (exact) mass is 738 g/mol. The van der Waals surface area contributed by atoms with Gasteiger partial charge in [-0.05, 0) is 60.0 Å². The number of pyridine rings is 2. The molecule has 4 heterocycles. The van der Waals surface area contributed by atoms with E-state index in [2.05, 4.69) is 26.2 Å². The van der Waals surface area contributed by atoms with Crippen LogP contribution in [-0.4, -0.2) is 104 Å². The van der Waals surface area contributed by atoms with Crippen molar-refractivity contribution >= 4 is 28.6 Å². The van der Waals surface area contributed by atoms with E-state index < -0.39 is 11.2 Å². The molecule has 1 N–H and O–H groups in total. The van der Waals surface area contributed by atoms with Crippen LogP contribution in [0.2, 0.25) is 0 Å². The molecule has 0 spiro atoms. The lowest BCUT2D eigenvalue weighted by Crippen LogP contribution is -2.48. The number of anilines is 3. The van der Waals surface area contributed by atoms with Crippen LogP contribution in [0.15, 0.2) is 79.1 Å². The molecule has 6 rings (SSSR count). The van der Waals surface area contributed by atoms with Gasteiger partial charge in [-0.3, -0.25) is 4.90 Å². The number of piperazine rings is 1. The first-order chi connectivity index (χ1) is 25.7. The summed E-state index contributed by atoms with van der Waals surface area (Å²) in [5.41, 5.74) is 4.63. The minimum Gasteiger partial charge on any atom is -0.497 e. The molecule has 1 unspecified atom stereocenters. The maximum absolute atomic E-state index is 12.6. The molecule has 1 aliphatic rings. The Morgan fingerprint density at radius 1 is 0.755 bits per heavy atom. The number of rotatable bonds is 15. The Morgan fingerprint density at radius 2 is 1.40 bits per heavy atom. The molecular weight excluding hydrogens is 693 g/mol. The first-order valence-electron chi connectivity index (χ1n) is 17.3. The summed E-state index contributed by atoms with van der Waals surface area (Å²) in [6.07, 6.45) is 3.58. The fourth-order valence-electron chi connectivity index (χ4n) is 5.94. The van der Waals surface area contributed by atoms with Crippen LogP contribution in [0.1, 0.15) is 22.5 Å². The Balaban J connectivity index is 1.35. The summed E-state index contributed by atoms with van der Waals surface area (Å²) < 4.78 is 32.4. The third kappa shape index (κ3) is 9.81. The van der Waals surface area contributed by atoms with E-state index in [1.807, 2.05) is 86.1 Å². The Morgan fingerprint density at radius 3 is 1.94 bits per heavy atom. The number of nitrogens with one attached hydrogen (secondary N) is 1. The highest BCUT2D eigenvalue weighted by Gasteiger charge is 2.24. The Labute approximate surface area is 313 Å². The number of aromatic nitrogens is 5. The predicted octanol–water partition coefficient (Wildman–Crippen LogP) is 4.87. The molecule has 0 saturated carbocycles. The lowest BCUT2D eigenvalue weighted by Gasteiger charge is -2.34. The Kier molecular flexibility index (Phi) is 12.4. The second-order valence-electron chi connectivity index (χ2n) is 12.8. The molecule has 14 nitrogen and oxygen atoms in total. The first-order valence-corrected chi connectivity index (χ1v) is 18.3. The number of methoxy groups -OCH3 is 3. The molecule has 1 atom stereocenters. The highest BCUT2D eigenvalue weighted by Crippen LogP contribution is 2.30. The summed E-state index contributed by atoms with van der Waals surface area (Å²) in [7, 11) is 8.57. The van der Waals surface area contributed by atoms with Gasteiger partial charge in [-0.2, -0.15) is 9.97 Å². The van der Waals surface area contributed by atoms with E-state index >= 15 is 0 Å². The van der Waals surface area contributed by atoms with E-state index in [4.69, 9.17) is 34.1 Å². The molecule has 5 aromatic rings. The molecular formula is C38H46N10O4S. The molecule has 1 fully saturated rings.